The zero-order valence-electron chi connectivity index (χ0n) is 11.4. The van der Waals surface area contributed by atoms with Crippen LogP contribution in [-0.4, -0.2) is 65.8 Å². The molecule has 0 spiro atoms. The number of amidine groups is 1. The van der Waals surface area contributed by atoms with E-state index in [9.17, 15) is 13.2 Å². The summed E-state index contributed by atoms with van der Waals surface area (Å²) in [5, 5.41) is 11.0. The Balaban J connectivity index is 2.76. The molecule has 0 bridgehead atoms. The Kier molecular flexibility index (Phi) is 5.03. The Morgan fingerprint density at radius 3 is 2.21 bits per heavy atom. The number of likely N-dealkylation sites (N-methyl/N-ethyl adjacent to an activating group) is 1. The van der Waals surface area contributed by atoms with E-state index in [-0.39, 0.29) is 18.6 Å². The minimum atomic E-state index is -4.51. The number of hydrogen-bond acceptors (Lipinski definition) is 4. The van der Waals surface area contributed by atoms with Crippen LogP contribution in [0.4, 0.5) is 13.2 Å². The number of halogens is 3. The summed E-state index contributed by atoms with van der Waals surface area (Å²) in [7, 11) is 1.96. The second-order valence-corrected chi connectivity index (χ2v) is 5.20. The predicted molar refractivity (Wildman–Crippen MR) is 66.1 cm³/mol. The van der Waals surface area contributed by atoms with E-state index in [2.05, 4.69) is 10.1 Å². The molecule has 19 heavy (non-hydrogen) atoms. The Morgan fingerprint density at radius 2 is 1.84 bits per heavy atom. The van der Waals surface area contributed by atoms with Gasteiger partial charge in [0.15, 0.2) is 5.84 Å². The maximum Gasteiger partial charge on any atom is 0.400 e. The fourth-order valence-electron chi connectivity index (χ4n) is 2.36. The highest BCUT2D eigenvalue weighted by Gasteiger charge is 2.44. The van der Waals surface area contributed by atoms with Crippen molar-refractivity contribution in [3.05, 3.63) is 0 Å². The van der Waals surface area contributed by atoms with Gasteiger partial charge in [-0.3, -0.25) is 9.80 Å². The van der Waals surface area contributed by atoms with E-state index in [0.29, 0.717) is 13.1 Å². The second kappa shape index (κ2) is 5.96. The Labute approximate surface area is 110 Å². The minimum absolute atomic E-state index is 0.171. The molecule has 0 radical (unpaired) electrons. The van der Waals surface area contributed by atoms with Gasteiger partial charge in [0.2, 0.25) is 0 Å². The number of piperazine rings is 1. The highest BCUT2D eigenvalue weighted by molar-refractivity contribution is 5.83. The number of nitrogens with two attached hydrogens (primary N) is 1. The maximum atomic E-state index is 12.9. The SMILES string of the molecule is CC1CN(CC(C(N)=NO)C(F)(F)F)CC(C)N1C. The zero-order chi connectivity index (χ0) is 14.8. The first kappa shape index (κ1) is 16.0. The van der Waals surface area contributed by atoms with Gasteiger partial charge < -0.3 is 10.9 Å². The van der Waals surface area contributed by atoms with Crippen molar-refractivity contribution in [3.8, 4) is 0 Å². The molecule has 0 aliphatic carbocycles. The maximum absolute atomic E-state index is 12.9. The van der Waals surface area contributed by atoms with Crippen LogP contribution in [0.2, 0.25) is 0 Å². The molecule has 1 fully saturated rings. The molecule has 3 N–H and O–H groups in total. The monoisotopic (exact) mass is 282 g/mol. The van der Waals surface area contributed by atoms with Crippen LogP contribution in [0, 0.1) is 5.92 Å². The summed E-state index contributed by atoms with van der Waals surface area (Å²) < 4.78 is 38.6. The fourth-order valence-corrected chi connectivity index (χ4v) is 2.36. The van der Waals surface area contributed by atoms with E-state index in [1.54, 1.807) is 4.90 Å². The summed E-state index contributed by atoms with van der Waals surface area (Å²) in [6.45, 7) is 4.73. The number of oxime groups is 1. The van der Waals surface area contributed by atoms with E-state index in [1.165, 1.54) is 0 Å². The normalized spacial score (nSPS) is 29.5. The molecule has 0 aromatic rings. The third-order valence-electron chi connectivity index (χ3n) is 3.74. The van der Waals surface area contributed by atoms with Crippen LogP contribution in [0.1, 0.15) is 13.8 Å². The summed E-state index contributed by atoms with van der Waals surface area (Å²) in [5.74, 6) is -2.72. The molecule has 0 amide bonds. The molecule has 3 atom stereocenters. The smallest absolute Gasteiger partial charge is 0.400 e. The van der Waals surface area contributed by atoms with Gasteiger partial charge in [-0.1, -0.05) is 5.16 Å². The van der Waals surface area contributed by atoms with E-state index in [4.69, 9.17) is 10.9 Å². The molecule has 5 nitrogen and oxygen atoms in total. The van der Waals surface area contributed by atoms with Crippen molar-refractivity contribution in [3.63, 3.8) is 0 Å². The quantitative estimate of drug-likeness (QED) is 0.350. The van der Waals surface area contributed by atoms with E-state index < -0.39 is 17.9 Å². The van der Waals surface area contributed by atoms with Crippen LogP contribution in [-0.2, 0) is 0 Å². The highest BCUT2D eigenvalue weighted by atomic mass is 19.4. The van der Waals surface area contributed by atoms with Gasteiger partial charge in [-0.25, -0.2) is 0 Å². The van der Waals surface area contributed by atoms with E-state index in [1.807, 2.05) is 20.9 Å². The fraction of sp³-hybridized carbons (Fsp3) is 0.909. The summed E-state index contributed by atoms with van der Waals surface area (Å²) in [6, 6.07) is 0.342. The van der Waals surface area contributed by atoms with Crippen molar-refractivity contribution >= 4 is 5.84 Å². The van der Waals surface area contributed by atoms with Crippen LogP contribution < -0.4 is 5.73 Å². The van der Waals surface area contributed by atoms with Crippen molar-refractivity contribution in [2.75, 3.05) is 26.7 Å². The van der Waals surface area contributed by atoms with Crippen LogP contribution >= 0.6 is 0 Å². The lowest BCUT2D eigenvalue weighted by Gasteiger charge is -2.43. The zero-order valence-corrected chi connectivity index (χ0v) is 11.4. The first-order valence-electron chi connectivity index (χ1n) is 6.15. The van der Waals surface area contributed by atoms with Crippen LogP contribution in [0.15, 0.2) is 5.16 Å². The first-order chi connectivity index (χ1) is 8.66. The van der Waals surface area contributed by atoms with Crippen molar-refractivity contribution < 1.29 is 18.4 Å². The number of alkyl halides is 3. The van der Waals surface area contributed by atoms with Gasteiger partial charge in [0.05, 0.1) is 0 Å². The average molecular weight is 282 g/mol. The lowest BCUT2D eigenvalue weighted by Crippen LogP contribution is -2.57. The largest absolute Gasteiger partial charge is 0.409 e. The summed E-state index contributed by atoms with van der Waals surface area (Å²) in [5.41, 5.74) is 5.16. The summed E-state index contributed by atoms with van der Waals surface area (Å²) >= 11 is 0. The molecule has 1 saturated heterocycles. The molecule has 0 aromatic heterocycles. The van der Waals surface area contributed by atoms with Gasteiger partial charge in [-0.05, 0) is 20.9 Å². The van der Waals surface area contributed by atoms with Crippen molar-refractivity contribution in [2.45, 2.75) is 32.1 Å². The summed E-state index contributed by atoms with van der Waals surface area (Å²) in [4.78, 5) is 3.84. The van der Waals surface area contributed by atoms with E-state index in [0.717, 1.165) is 0 Å². The molecule has 1 heterocycles. The highest BCUT2D eigenvalue weighted by Crippen LogP contribution is 2.28. The lowest BCUT2D eigenvalue weighted by molar-refractivity contribution is -0.162. The Morgan fingerprint density at radius 1 is 1.37 bits per heavy atom. The number of rotatable bonds is 3. The third kappa shape index (κ3) is 3.97. The predicted octanol–water partition coefficient (Wildman–Crippen LogP) is 0.936. The molecule has 1 aliphatic rings. The average Bonchev–Trinajstić information content (AvgIpc) is 2.30. The van der Waals surface area contributed by atoms with Gasteiger partial charge >= 0.3 is 6.18 Å². The standard InChI is InChI=1S/C11H21F3N4O/c1-7-4-18(5-8(2)17(7)3)6-9(10(15)16-19)11(12,13)14/h7-9,19H,4-6H2,1-3H3,(H2,15,16). The molecule has 0 saturated carbocycles. The molecule has 1 rings (SSSR count). The molecular weight excluding hydrogens is 261 g/mol. The van der Waals surface area contributed by atoms with Crippen molar-refractivity contribution in [1.82, 2.24) is 9.80 Å². The third-order valence-corrected chi connectivity index (χ3v) is 3.74. The van der Waals surface area contributed by atoms with Crippen molar-refractivity contribution in [2.24, 2.45) is 16.8 Å². The summed E-state index contributed by atoms with van der Waals surface area (Å²) in [6.07, 6.45) is -4.51. The Bertz CT molecular complexity index is 322. The van der Waals surface area contributed by atoms with Gasteiger partial charge in [0.25, 0.3) is 0 Å². The first-order valence-corrected chi connectivity index (χ1v) is 6.15. The van der Waals surface area contributed by atoms with Crippen LogP contribution in [0.25, 0.3) is 0 Å². The van der Waals surface area contributed by atoms with Crippen LogP contribution in [0.5, 0.6) is 0 Å². The van der Waals surface area contributed by atoms with Gasteiger partial charge in [0, 0.05) is 31.7 Å². The topological polar surface area (TPSA) is 65.1 Å². The molecule has 1 aliphatic heterocycles. The molecule has 8 heteroatoms. The molecule has 0 aromatic carbocycles. The van der Waals surface area contributed by atoms with Gasteiger partial charge in [0.1, 0.15) is 5.92 Å². The number of hydrogen-bond donors (Lipinski definition) is 2. The minimum Gasteiger partial charge on any atom is -0.409 e. The lowest BCUT2D eigenvalue weighted by atomic mass is 10.0. The van der Waals surface area contributed by atoms with Gasteiger partial charge in [-0.15, -0.1) is 0 Å². The molecular formula is C11H21F3N4O. The number of nitrogens with zero attached hydrogens (tertiary/aromatic N) is 3. The van der Waals surface area contributed by atoms with Crippen LogP contribution in [0.3, 0.4) is 0 Å². The van der Waals surface area contributed by atoms with Crippen molar-refractivity contribution in [1.29, 1.82) is 0 Å². The van der Waals surface area contributed by atoms with E-state index >= 15 is 0 Å². The molecule has 3 unspecified atom stereocenters. The molecule has 112 valence electrons. The van der Waals surface area contributed by atoms with Gasteiger partial charge in [-0.2, -0.15) is 13.2 Å². The second-order valence-electron chi connectivity index (χ2n) is 5.20. The Hall–Kier alpha value is -1.02.